The monoisotopic (exact) mass is 448 g/mol. The number of aliphatic carboxylic acids is 1. The first-order valence-corrected chi connectivity index (χ1v) is 10.8. The molecule has 0 saturated carbocycles. The fourth-order valence-electron chi connectivity index (χ4n) is 2.41. The smallest absolute Gasteiger partial charge is 0.322 e. The van der Waals surface area contributed by atoms with Crippen LogP contribution in [0.15, 0.2) is 0 Å². The Balaban J connectivity index is 5.20. The second-order valence-corrected chi connectivity index (χ2v) is 7.56. The van der Waals surface area contributed by atoms with Crippen LogP contribution in [0.4, 0.5) is 0 Å². The van der Waals surface area contributed by atoms with Gasteiger partial charge in [-0.15, -0.1) is 0 Å². The summed E-state index contributed by atoms with van der Waals surface area (Å²) < 4.78 is 0. The molecular weight excluding hydrogens is 416 g/mol. The maximum absolute atomic E-state index is 12.7. The Morgan fingerprint density at radius 2 is 1.57 bits per heavy atom. The third kappa shape index (κ3) is 12.2. The van der Waals surface area contributed by atoms with Crippen molar-refractivity contribution in [2.45, 2.75) is 50.2 Å². The lowest BCUT2D eigenvalue weighted by Crippen LogP contribution is -2.56. The maximum atomic E-state index is 12.7. The van der Waals surface area contributed by atoms with Gasteiger partial charge in [-0.3, -0.25) is 24.0 Å². The normalized spacial score (nSPS) is 13.6. The fraction of sp³-hybridized carbons (Fsp3) is 0.706. The Kier molecular flexibility index (Phi) is 14.2. The van der Waals surface area contributed by atoms with Crippen molar-refractivity contribution in [2.24, 2.45) is 17.2 Å². The minimum atomic E-state index is -1.21. The highest BCUT2D eigenvalue weighted by Gasteiger charge is 2.28. The average Bonchev–Trinajstić information content (AvgIpc) is 2.67. The Morgan fingerprint density at radius 1 is 0.967 bits per heavy atom. The van der Waals surface area contributed by atoms with Crippen molar-refractivity contribution in [3.63, 3.8) is 0 Å². The van der Waals surface area contributed by atoms with Crippen LogP contribution in [0.1, 0.15) is 32.1 Å². The van der Waals surface area contributed by atoms with Crippen molar-refractivity contribution in [2.75, 3.05) is 25.1 Å². The van der Waals surface area contributed by atoms with Crippen molar-refractivity contribution in [1.82, 2.24) is 16.0 Å². The number of amides is 4. The predicted octanol–water partition coefficient (Wildman–Crippen LogP) is -2.76. The summed E-state index contributed by atoms with van der Waals surface area (Å²) in [5.41, 5.74) is 16.1. The summed E-state index contributed by atoms with van der Waals surface area (Å²) in [5.74, 6) is -3.42. The van der Waals surface area contributed by atoms with Gasteiger partial charge < -0.3 is 38.3 Å². The SMILES string of the molecule is CSCCC(NC(=O)C(CCCCN)NC(=O)C(N)CC(N)=O)C(=O)NCC(=O)O. The van der Waals surface area contributed by atoms with Gasteiger partial charge in [-0.2, -0.15) is 11.8 Å². The van der Waals surface area contributed by atoms with Gasteiger partial charge in [0.15, 0.2) is 0 Å². The van der Waals surface area contributed by atoms with Crippen LogP contribution in [-0.4, -0.2) is 77.9 Å². The number of nitrogens with two attached hydrogens (primary N) is 3. The largest absolute Gasteiger partial charge is 0.480 e. The molecule has 0 aliphatic carbocycles. The molecule has 3 atom stereocenters. The van der Waals surface area contributed by atoms with Crippen molar-refractivity contribution >= 4 is 41.4 Å². The van der Waals surface area contributed by atoms with Crippen LogP contribution in [0.2, 0.25) is 0 Å². The standard InChI is InChI=1S/C17H32N6O6S/c1-30-7-5-12(16(28)21-9-14(25)26)23-17(29)11(4-2-3-6-18)22-15(27)10(19)8-13(20)24/h10-12H,2-9,18-19H2,1H3,(H2,20,24)(H,21,28)(H,22,27)(H,23,29)(H,25,26). The van der Waals surface area contributed by atoms with Crippen molar-refractivity contribution in [3.05, 3.63) is 0 Å². The lowest BCUT2D eigenvalue weighted by atomic mass is 10.1. The van der Waals surface area contributed by atoms with Gasteiger partial charge in [0.05, 0.1) is 12.5 Å². The molecule has 0 rings (SSSR count). The van der Waals surface area contributed by atoms with E-state index in [1.54, 1.807) is 0 Å². The third-order valence-electron chi connectivity index (χ3n) is 4.00. The van der Waals surface area contributed by atoms with Gasteiger partial charge in [-0.05, 0) is 44.2 Å². The number of carboxylic acid groups (broad SMARTS) is 1. The highest BCUT2D eigenvalue weighted by molar-refractivity contribution is 7.98. The Bertz CT molecular complexity index is 605. The molecule has 0 saturated heterocycles. The molecule has 172 valence electrons. The first-order chi connectivity index (χ1) is 14.1. The molecule has 0 bridgehead atoms. The molecule has 13 heteroatoms. The number of primary amides is 1. The van der Waals surface area contributed by atoms with Crippen LogP contribution in [0, 0.1) is 0 Å². The molecular formula is C17H32N6O6S. The minimum Gasteiger partial charge on any atom is -0.480 e. The average molecular weight is 449 g/mol. The number of hydrogen-bond acceptors (Lipinski definition) is 8. The van der Waals surface area contributed by atoms with Gasteiger partial charge in [0.2, 0.25) is 23.6 Å². The number of carboxylic acids is 1. The van der Waals surface area contributed by atoms with Crippen molar-refractivity contribution < 1.29 is 29.1 Å². The Labute approximate surface area is 179 Å². The number of carbonyl (C=O) groups is 5. The van der Waals surface area contributed by atoms with Crippen LogP contribution >= 0.6 is 11.8 Å². The van der Waals surface area contributed by atoms with E-state index in [1.165, 1.54) is 11.8 Å². The summed E-state index contributed by atoms with van der Waals surface area (Å²) in [7, 11) is 0. The summed E-state index contributed by atoms with van der Waals surface area (Å²) in [6, 6.07) is -3.19. The van der Waals surface area contributed by atoms with Crippen LogP contribution in [0.5, 0.6) is 0 Å². The highest BCUT2D eigenvalue weighted by atomic mass is 32.2. The molecule has 0 aromatic heterocycles. The fourth-order valence-corrected chi connectivity index (χ4v) is 2.88. The summed E-state index contributed by atoms with van der Waals surface area (Å²) in [6.45, 7) is -0.180. The van der Waals surface area contributed by atoms with Crippen molar-refractivity contribution in [1.29, 1.82) is 0 Å². The number of hydrogen-bond donors (Lipinski definition) is 7. The van der Waals surface area contributed by atoms with Gasteiger partial charge in [-0.1, -0.05) is 0 Å². The molecule has 0 heterocycles. The molecule has 3 unspecified atom stereocenters. The minimum absolute atomic E-state index is 0.240. The van der Waals surface area contributed by atoms with Crippen LogP contribution in [0.25, 0.3) is 0 Å². The molecule has 0 radical (unpaired) electrons. The molecule has 0 aliphatic rings. The van der Waals surface area contributed by atoms with Gasteiger partial charge in [0, 0.05) is 0 Å². The first-order valence-electron chi connectivity index (χ1n) is 9.45. The van der Waals surface area contributed by atoms with Crippen LogP contribution in [-0.2, 0) is 24.0 Å². The van der Waals surface area contributed by atoms with E-state index in [4.69, 9.17) is 22.3 Å². The number of unbranched alkanes of at least 4 members (excludes halogenated alkanes) is 1. The molecule has 0 spiro atoms. The molecule has 10 N–H and O–H groups in total. The number of rotatable bonds is 16. The highest BCUT2D eigenvalue weighted by Crippen LogP contribution is 2.06. The van der Waals surface area contributed by atoms with E-state index in [0.29, 0.717) is 25.1 Å². The van der Waals surface area contributed by atoms with E-state index in [9.17, 15) is 24.0 Å². The zero-order valence-corrected chi connectivity index (χ0v) is 17.8. The summed E-state index contributed by atoms with van der Waals surface area (Å²) >= 11 is 1.45. The molecule has 0 aromatic rings. The molecule has 4 amide bonds. The van der Waals surface area contributed by atoms with E-state index in [-0.39, 0.29) is 19.3 Å². The second kappa shape index (κ2) is 15.5. The lowest BCUT2D eigenvalue weighted by molar-refractivity contribution is -0.138. The zero-order valence-electron chi connectivity index (χ0n) is 17.0. The van der Waals surface area contributed by atoms with Crippen molar-refractivity contribution in [3.8, 4) is 0 Å². The number of thioether (sulfide) groups is 1. The van der Waals surface area contributed by atoms with E-state index < -0.39 is 54.3 Å². The Morgan fingerprint density at radius 3 is 2.10 bits per heavy atom. The molecule has 30 heavy (non-hydrogen) atoms. The number of carbonyl (C=O) groups excluding carboxylic acids is 4. The van der Waals surface area contributed by atoms with Gasteiger partial charge in [0.25, 0.3) is 0 Å². The zero-order chi connectivity index (χ0) is 23.1. The predicted molar refractivity (Wildman–Crippen MR) is 112 cm³/mol. The van der Waals surface area contributed by atoms with Crippen LogP contribution < -0.4 is 33.2 Å². The first kappa shape index (κ1) is 27.6. The summed E-state index contributed by atoms with van der Waals surface area (Å²) in [4.78, 5) is 58.8. The van der Waals surface area contributed by atoms with Gasteiger partial charge in [-0.25, -0.2) is 0 Å². The van der Waals surface area contributed by atoms with E-state index in [2.05, 4.69) is 16.0 Å². The summed E-state index contributed by atoms with van der Waals surface area (Å²) in [5, 5.41) is 16.0. The third-order valence-corrected chi connectivity index (χ3v) is 4.64. The lowest BCUT2D eigenvalue weighted by Gasteiger charge is -2.24. The molecule has 0 aromatic carbocycles. The molecule has 12 nitrogen and oxygen atoms in total. The maximum Gasteiger partial charge on any atom is 0.322 e. The van der Waals surface area contributed by atoms with E-state index >= 15 is 0 Å². The quantitative estimate of drug-likeness (QED) is 0.121. The molecule has 0 fully saturated rings. The second-order valence-electron chi connectivity index (χ2n) is 6.58. The van der Waals surface area contributed by atoms with Gasteiger partial charge >= 0.3 is 5.97 Å². The number of nitrogens with one attached hydrogen (secondary N) is 3. The van der Waals surface area contributed by atoms with Crippen LogP contribution in [0.3, 0.4) is 0 Å². The topological polar surface area (TPSA) is 220 Å². The van der Waals surface area contributed by atoms with E-state index in [1.807, 2.05) is 6.26 Å². The Hall–Kier alpha value is -2.38. The van der Waals surface area contributed by atoms with Gasteiger partial charge in [0.1, 0.15) is 18.6 Å². The molecule has 0 aliphatic heterocycles. The van der Waals surface area contributed by atoms with E-state index in [0.717, 1.165) is 0 Å². The summed E-state index contributed by atoms with van der Waals surface area (Å²) in [6.07, 6.45) is 3.09.